The van der Waals surface area contributed by atoms with Crippen LogP contribution in [-0.2, 0) is 21.2 Å². The molecule has 2 aromatic rings. The molecule has 3 N–H and O–H groups in total. The van der Waals surface area contributed by atoms with Gasteiger partial charge in [-0.3, -0.25) is 9.59 Å². The minimum absolute atomic E-state index is 0.0317. The molecule has 0 aliphatic carbocycles. The summed E-state index contributed by atoms with van der Waals surface area (Å²) in [6.07, 6.45) is 6.06. The number of benzene rings is 2. The molecule has 138 valence electrons. The van der Waals surface area contributed by atoms with Crippen LogP contribution in [-0.4, -0.2) is 26.8 Å². The summed E-state index contributed by atoms with van der Waals surface area (Å²) in [6, 6.07) is 10.9. The molecule has 1 aliphatic heterocycles. The standard InChI is InChI=1S/C19H17N3O4S/c1-2-10-20-27(25,26)16-5-3-4-14(12-16)19(24)21-15-7-8-17-13(11-15)6-9-18(23)22-17/h1,3-5,7-8,11-12,20H,6,9-10H2,(H,21,24)(H,22,23). The lowest BCUT2D eigenvalue weighted by Crippen LogP contribution is -2.24. The molecule has 1 heterocycles. The molecular weight excluding hydrogens is 366 g/mol. The highest BCUT2D eigenvalue weighted by atomic mass is 32.2. The van der Waals surface area contributed by atoms with Crippen LogP contribution in [0.3, 0.4) is 0 Å². The van der Waals surface area contributed by atoms with Crippen molar-refractivity contribution >= 4 is 33.2 Å². The van der Waals surface area contributed by atoms with Crippen LogP contribution in [0.2, 0.25) is 0 Å². The lowest BCUT2D eigenvalue weighted by Gasteiger charge is -2.17. The van der Waals surface area contributed by atoms with Gasteiger partial charge >= 0.3 is 0 Å². The molecule has 3 rings (SSSR count). The molecule has 0 fully saturated rings. The smallest absolute Gasteiger partial charge is 0.255 e. The van der Waals surface area contributed by atoms with Crippen LogP contribution < -0.4 is 15.4 Å². The predicted molar refractivity (Wildman–Crippen MR) is 102 cm³/mol. The number of hydrogen-bond donors (Lipinski definition) is 3. The zero-order chi connectivity index (χ0) is 19.4. The van der Waals surface area contributed by atoms with Gasteiger partial charge in [-0.25, -0.2) is 8.42 Å². The number of rotatable bonds is 5. The number of hydrogen-bond acceptors (Lipinski definition) is 4. The van der Waals surface area contributed by atoms with E-state index in [1.165, 1.54) is 24.3 Å². The van der Waals surface area contributed by atoms with Gasteiger partial charge < -0.3 is 10.6 Å². The Bertz CT molecular complexity index is 1050. The maximum Gasteiger partial charge on any atom is 0.255 e. The Hall–Kier alpha value is -3.15. The van der Waals surface area contributed by atoms with E-state index in [1.807, 2.05) is 0 Å². The van der Waals surface area contributed by atoms with Gasteiger partial charge in [-0.15, -0.1) is 6.42 Å². The zero-order valence-electron chi connectivity index (χ0n) is 14.3. The van der Waals surface area contributed by atoms with E-state index in [2.05, 4.69) is 21.3 Å². The van der Waals surface area contributed by atoms with Crippen LogP contribution in [0.15, 0.2) is 47.4 Å². The number of carbonyl (C=O) groups excluding carboxylic acids is 2. The monoisotopic (exact) mass is 383 g/mol. The lowest BCUT2D eigenvalue weighted by atomic mass is 10.0. The van der Waals surface area contributed by atoms with Gasteiger partial charge in [-0.1, -0.05) is 12.0 Å². The third-order valence-electron chi connectivity index (χ3n) is 4.03. The second-order valence-corrected chi connectivity index (χ2v) is 7.70. The van der Waals surface area contributed by atoms with E-state index in [4.69, 9.17) is 6.42 Å². The first-order valence-electron chi connectivity index (χ1n) is 8.16. The Morgan fingerprint density at radius 3 is 2.78 bits per heavy atom. The molecule has 0 saturated heterocycles. The zero-order valence-corrected chi connectivity index (χ0v) is 15.1. The second-order valence-electron chi connectivity index (χ2n) is 5.93. The average Bonchev–Trinajstić information content (AvgIpc) is 2.66. The third kappa shape index (κ3) is 4.34. The maximum absolute atomic E-state index is 12.5. The first kappa shape index (κ1) is 18.6. The van der Waals surface area contributed by atoms with Gasteiger partial charge in [-0.2, -0.15) is 4.72 Å². The highest BCUT2D eigenvalue weighted by Gasteiger charge is 2.17. The number of aryl methyl sites for hydroxylation is 1. The van der Waals surface area contributed by atoms with E-state index in [9.17, 15) is 18.0 Å². The average molecular weight is 383 g/mol. The molecule has 0 spiro atoms. The van der Waals surface area contributed by atoms with E-state index >= 15 is 0 Å². The van der Waals surface area contributed by atoms with Gasteiger partial charge in [0.15, 0.2) is 0 Å². The van der Waals surface area contributed by atoms with Crippen molar-refractivity contribution in [1.82, 2.24) is 4.72 Å². The normalized spacial score (nSPS) is 13.2. The van der Waals surface area contributed by atoms with E-state index in [1.54, 1.807) is 18.2 Å². The summed E-state index contributed by atoms with van der Waals surface area (Å²) < 4.78 is 26.5. The first-order chi connectivity index (χ1) is 12.9. The van der Waals surface area contributed by atoms with E-state index in [0.717, 1.165) is 11.3 Å². The van der Waals surface area contributed by atoms with Crippen LogP contribution in [0.4, 0.5) is 11.4 Å². The highest BCUT2D eigenvalue weighted by molar-refractivity contribution is 7.89. The summed E-state index contributed by atoms with van der Waals surface area (Å²) in [5.41, 5.74) is 2.43. The van der Waals surface area contributed by atoms with Crippen LogP contribution in [0.5, 0.6) is 0 Å². The minimum atomic E-state index is -3.78. The predicted octanol–water partition coefficient (Wildman–Crippen LogP) is 1.74. The van der Waals surface area contributed by atoms with Gasteiger partial charge in [0.1, 0.15) is 0 Å². The fourth-order valence-electron chi connectivity index (χ4n) is 2.69. The summed E-state index contributed by atoms with van der Waals surface area (Å²) in [5, 5.41) is 5.52. The fraction of sp³-hybridized carbons (Fsp3) is 0.158. The van der Waals surface area contributed by atoms with Crippen molar-refractivity contribution in [2.75, 3.05) is 17.2 Å². The summed E-state index contributed by atoms with van der Waals surface area (Å²) >= 11 is 0. The number of sulfonamides is 1. The Morgan fingerprint density at radius 2 is 2.00 bits per heavy atom. The van der Waals surface area contributed by atoms with E-state index < -0.39 is 15.9 Å². The molecule has 0 radical (unpaired) electrons. The van der Waals surface area contributed by atoms with Crippen molar-refractivity contribution in [3.63, 3.8) is 0 Å². The number of terminal acetylenes is 1. The third-order valence-corrected chi connectivity index (χ3v) is 5.43. The molecule has 0 aromatic heterocycles. The molecule has 0 unspecified atom stereocenters. The Morgan fingerprint density at radius 1 is 1.19 bits per heavy atom. The summed E-state index contributed by atoms with van der Waals surface area (Å²) in [7, 11) is -3.78. The van der Waals surface area contributed by atoms with Crippen molar-refractivity contribution in [1.29, 1.82) is 0 Å². The lowest BCUT2D eigenvalue weighted by molar-refractivity contribution is -0.116. The number of carbonyl (C=O) groups is 2. The van der Waals surface area contributed by atoms with E-state index in [0.29, 0.717) is 18.5 Å². The van der Waals surface area contributed by atoms with Crippen LogP contribution in [0, 0.1) is 12.3 Å². The van der Waals surface area contributed by atoms with Gasteiger partial charge in [0, 0.05) is 23.4 Å². The second kappa shape index (κ2) is 7.61. The van der Waals surface area contributed by atoms with Crippen LogP contribution >= 0.6 is 0 Å². The molecule has 27 heavy (non-hydrogen) atoms. The fourth-order valence-corrected chi connectivity index (χ4v) is 3.67. The maximum atomic E-state index is 12.5. The summed E-state index contributed by atoms with van der Waals surface area (Å²) in [6.45, 7) is -0.135. The minimum Gasteiger partial charge on any atom is -0.326 e. The number of anilines is 2. The number of amides is 2. The van der Waals surface area contributed by atoms with Crippen LogP contribution in [0.1, 0.15) is 22.3 Å². The highest BCUT2D eigenvalue weighted by Crippen LogP contribution is 2.26. The van der Waals surface area contributed by atoms with Crippen molar-refractivity contribution in [2.45, 2.75) is 17.7 Å². The van der Waals surface area contributed by atoms with E-state index in [-0.39, 0.29) is 22.9 Å². The van der Waals surface area contributed by atoms with Crippen molar-refractivity contribution in [3.8, 4) is 12.3 Å². The molecule has 7 nitrogen and oxygen atoms in total. The first-order valence-corrected chi connectivity index (χ1v) is 9.65. The summed E-state index contributed by atoms with van der Waals surface area (Å²) in [5.74, 6) is 1.72. The van der Waals surface area contributed by atoms with Crippen molar-refractivity contribution in [2.24, 2.45) is 0 Å². The van der Waals surface area contributed by atoms with Gasteiger partial charge in [-0.05, 0) is 48.4 Å². The van der Waals surface area contributed by atoms with Gasteiger partial charge in [0.25, 0.3) is 5.91 Å². The largest absolute Gasteiger partial charge is 0.326 e. The Kier molecular flexibility index (Phi) is 5.26. The molecule has 8 heteroatoms. The topological polar surface area (TPSA) is 104 Å². The van der Waals surface area contributed by atoms with Crippen molar-refractivity contribution < 1.29 is 18.0 Å². The molecule has 0 bridgehead atoms. The Labute approximate surface area is 157 Å². The van der Waals surface area contributed by atoms with Crippen LogP contribution in [0.25, 0.3) is 0 Å². The SMILES string of the molecule is C#CCNS(=O)(=O)c1cccc(C(=O)Nc2ccc3c(c2)CCC(=O)N3)c1. The molecule has 0 atom stereocenters. The molecular formula is C19H17N3O4S. The Balaban J connectivity index is 1.78. The summed E-state index contributed by atoms with van der Waals surface area (Å²) in [4.78, 5) is 23.9. The molecule has 2 amide bonds. The van der Waals surface area contributed by atoms with Gasteiger partial charge in [0.2, 0.25) is 15.9 Å². The van der Waals surface area contributed by atoms with Crippen molar-refractivity contribution in [3.05, 3.63) is 53.6 Å². The molecule has 0 saturated carbocycles. The quantitative estimate of drug-likeness (QED) is 0.684. The number of nitrogens with one attached hydrogen (secondary N) is 3. The van der Waals surface area contributed by atoms with Gasteiger partial charge in [0.05, 0.1) is 11.4 Å². The molecule has 1 aliphatic rings. The number of fused-ring (bicyclic) bond motifs is 1. The molecule has 2 aromatic carbocycles.